The van der Waals surface area contributed by atoms with Gasteiger partial charge in [0.1, 0.15) is 11.5 Å². The van der Waals surface area contributed by atoms with Crippen LogP contribution in [0.4, 0.5) is 15.8 Å². The van der Waals surface area contributed by atoms with E-state index in [0.29, 0.717) is 6.54 Å². The molecule has 0 aliphatic heterocycles. The number of nitrogens with one attached hydrogen (secondary N) is 1. The zero-order valence-electron chi connectivity index (χ0n) is 10.0. The number of benzene rings is 1. The molecule has 0 unspecified atom stereocenters. The lowest BCUT2D eigenvalue weighted by atomic mass is 10.0. The Hall–Kier alpha value is -0.920. The Balaban J connectivity index is 2.20. The zero-order chi connectivity index (χ0) is 13.3. The summed E-state index contributed by atoms with van der Waals surface area (Å²) in [5.74, 6) is -0.426. The van der Waals surface area contributed by atoms with Crippen LogP contribution in [0.25, 0.3) is 0 Å². The van der Waals surface area contributed by atoms with Crippen molar-refractivity contribution in [1.82, 2.24) is 0 Å². The molecular formula is C12H14FIN2O2. The van der Waals surface area contributed by atoms with Gasteiger partial charge in [0, 0.05) is 18.7 Å². The Morgan fingerprint density at radius 1 is 1.56 bits per heavy atom. The van der Waals surface area contributed by atoms with Gasteiger partial charge in [-0.25, -0.2) is 4.39 Å². The van der Waals surface area contributed by atoms with Crippen LogP contribution in [0, 0.1) is 24.9 Å². The Morgan fingerprint density at radius 2 is 2.22 bits per heavy atom. The van der Waals surface area contributed by atoms with Crippen LogP contribution in [0.5, 0.6) is 0 Å². The van der Waals surface area contributed by atoms with Crippen molar-refractivity contribution in [1.29, 1.82) is 0 Å². The van der Waals surface area contributed by atoms with Crippen molar-refractivity contribution < 1.29 is 9.31 Å². The first-order chi connectivity index (χ1) is 8.47. The van der Waals surface area contributed by atoms with E-state index in [-0.39, 0.29) is 20.4 Å². The minimum atomic E-state index is -0.477. The molecule has 1 fully saturated rings. The highest BCUT2D eigenvalue weighted by atomic mass is 127. The maximum Gasteiger partial charge on any atom is 0.293 e. The van der Waals surface area contributed by atoms with Crippen molar-refractivity contribution >= 4 is 34.0 Å². The number of anilines is 1. The molecule has 0 atom stereocenters. The van der Waals surface area contributed by atoms with Crippen molar-refractivity contribution in [3.8, 4) is 0 Å². The van der Waals surface area contributed by atoms with Gasteiger partial charge in [-0.05, 0) is 47.3 Å². The van der Waals surface area contributed by atoms with E-state index in [9.17, 15) is 14.5 Å². The van der Waals surface area contributed by atoms with Crippen LogP contribution in [0.2, 0.25) is 0 Å². The summed E-state index contributed by atoms with van der Waals surface area (Å²) in [5.41, 5.74) is 0.471. The second-order valence-electron chi connectivity index (χ2n) is 4.75. The van der Waals surface area contributed by atoms with Crippen LogP contribution in [-0.4, -0.2) is 11.5 Å². The van der Waals surface area contributed by atoms with Gasteiger partial charge >= 0.3 is 0 Å². The van der Waals surface area contributed by atoms with E-state index in [1.165, 1.54) is 12.1 Å². The van der Waals surface area contributed by atoms with Crippen LogP contribution in [0.1, 0.15) is 26.2 Å². The summed E-state index contributed by atoms with van der Waals surface area (Å²) in [6, 6.07) is 2.48. The van der Waals surface area contributed by atoms with Gasteiger partial charge in [-0.15, -0.1) is 0 Å². The maximum absolute atomic E-state index is 13.5. The number of nitrogens with zero attached hydrogens (tertiary/aromatic N) is 1. The third-order valence-corrected chi connectivity index (χ3v) is 4.42. The number of rotatable bonds is 5. The van der Waals surface area contributed by atoms with E-state index in [1.54, 1.807) is 22.6 Å². The van der Waals surface area contributed by atoms with Gasteiger partial charge in [0.2, 0.25) is 0 Å². The van der Waals surface area contributed by atoms with E-state index in [2.05, 4.69) is 12.2 Å². The number of nitro benzene ring substituents is 1. The maximum atomic E-state index is 13.5. The third-order valence-electron chi connectivity index (χ3n) is 3.60. The summed E-state index contributed by atoms with van der Waals surface area (Å²) in [4.78, 5) is 10.5. The Bertz CT molecular complexity index is 489. The molecule has 0 bridgehead atoms. The summed E-state index contributed by atoms with van der Waals surface area (Å²) in [6.45, 7) is 2.78. The molecule has 1 aliphatic carbocycles. The van der Waals surface area contributed by atoms with Crippen molar-refractivity contribution in [3.05, 3.63) is 31.6 Å². The molecule has 0 saturated heterocycles. The van der Waals surface area contributed by atoms with Gasteiger partial charge in [-0.2, -0.15) is 0 Å². The first-order valence-electron chi connectivity index (χ1n) is 5.85. The Labute approximate surface area is 118 Å². The number of hydrogen-bond donors (Lipinski definition) is 1. The standard InChI is InChI=1S/C12H14FIN2O2/c1-2-12(3-4-12)7-15-10-5-8(13)9(14)6-11(10)16(17)18/h5-6,15H,2-4,7H2,1H3. The average Bonchev–Trinajstić information content (AvgIpc) is 3.10. The van der Waals surface area contributed by atoms with E-state index in [0.717, 1.165) is 19.3 Å². The molecule has 0 aromatic heterocycles. The second-order valence-corrected chi connectivity index (χ2v) is 5.91. The quantitative estimate of drug-likeness (QED) is 0.489. The van der Waals surface area contributed by atoms with Crippen LogP contribution in [0.15, 0.2) is 12.1 Å². The predicted molar refractivity (Wildman–Crippen MR) is 76.2 cm³/mol. The normalized spacial score (nSPS) is 16.4. The zero-order valence-corrected chi connectivity index (χ0v) is 12.2. The van der Waals surface area contributed by atoms with E-state index >= 15 is 0 Å². The van der Waals surface area contributed by atoms with Crippen LogP contribution in [0.3, 0.4) is 0 Å². The molecule has 98 valence electrons. The van der Waals surface area contributed by atoms with Gasteiger partial charge in [-0.1, -0.05) is 6.92 Å². The highest BCUT2D eigenvalue weighted by Crippen LogP contribution is 2.48. The smallest absolute Gasteiger partial charge is 0.293 e. The minimum absolute atomic E-state index is 0.0623. The highest BCUT2D eigenvalue weighted by molar-refractivity contribution is 14.1. The molecule has 0 radical (unpaired) electrons. The number of halogens is 2. The molecule has 6 heteroatoms. The summed E-state index contributed by atoms with van der Waals surface area (Å²) >= 11 is 1.76. The fourth-order valence-corrected chi connectivity index (χ4v) is 2.39. The first kappa shape index (κ1) is 13.5. The van der Waals surface area contributed by atoms with Crippen molar-refractivity contribution in [2.75, 3.05) is 11.9 Å². The van der Waals surface area contributed by atoms with Crippen molar-refractivity contribution in [2.24, 2.45) is 5.41 Å². The number of nitro groups is 1. The fourth-order valence-electron chi connectivity index (χ4n) is 1.94. The van der Waals surface area contributed by atoms with Gasteiger partial charge in [0.25, 0.3) is 5.69 Å². The molecule has 0 spiro atoms. The summed E-state index contributed by atoms with van der Waals surface area (Å²) < 4.78 is 13.7. The minimum Gasteiger partial charge on any atom is -0.379 e. The van der Waals surface area contributed by atoms with Crippen molar-refractivity contribution in [3.63, 3.8) is 0 Å². The molecule has 0 amide bonds. The van der Waals surface area contributed by atoms with E-state index in [4.69, 9.17) is 0 Å². The molecule has 1 aromatic rings. The van der Waals surface area contributed by atoms with E-state index < -0.39 is 10.7 Å². The van der Waals surface area contributed by atoms with Crippen LogP contribution in [-0.2, 0) is 0 Å². The summed E-state index contributed by atoms with van der Waals surface area (Å²) in [7, 11) is 0. The van der Waals surface area contributed by atoms with Crippen molar-refractivity contribution in [2.45, 2.75) is 26.2 Å². The van der Waals surface area contributed by atoms with Crippen LogP contribution < -0.4 is 5.32 Å². The lowest BCUT2D eigenvalue weighted by molar-refractivity contribution is -0.384. The monoisotopic (exact) mass is 364 g/mol. The third kappa shape index (κ3) is 2.73. The van der Waals surface area contributed by atoms with E-state index in [1.807, 2.05) is 0 Å². The summed E-state index contributed by atoms with van der Waals surface area (Å²) in [6.07, 6.45) is 3.31. The fraction of sp³-hybridized carbons (Fsp3) is 0.500. The SMILES string of the molecule is CCC1(CNc2cc(F)c(I)cc2[N+](=O)[O-])CC1. The topological polar surface area (TPSA) is 55.2 Å². The molecule has 18 heavy (non-hydrogen) atoms. The lowest BCUT2D eigenvalue weighted by Crippen LogP contribution is -2.15. The molecule has 2 rings (SSSR count). The highest BCUT2D eigenvalue weighted by Gasteiger charge is 2.40. The molecule has 1 saturated carbocycles. The Kier molecular flexibility index (Phi) is 3.74. The number of hydrogen-bond acceptors (Lipinski definition) is 3. The molecule has 1 aliphatic rings. The molecule has 0 heterocycles. The summed E-state index contributed by atoms with van der Waals surface area (Å²) in [5, 5.41) is 14.0. The van der Waals surface area contributed by atoms with Crippen LogP contribution >= 0.6 is 22.6 Å². The Morgan fingerprint density at radius 3 is 2.72 bits per heavy atom. The molecule has 1 N–H and O–H groups in total. The van der Waals surface area contributed by atoms with Gasteiger partial charge in [-0.3, -0.25) is 10.1 Å². The van der Waals surface area contributed by atoms with Gasteiger partial charge < -0.3 is 5.32 Å². The van der Waals surface area contributed by atoms with Gasteiger partial charge in [0.15, 0.2) is 0 Å². The molecule has 1 aromatic carbocycles. The largest absolute Gasteiger partial charge is 0.379 e. The second kappa shape index (κ2) is 4.99. The predicted octanol–water partition coefficient (Wildman–Crippen LogP) is 3.94. The molecule has 4 nitrogen and oxygen atoms in total. The first-order valence-corrected chi connectivity index (χ1v) is 6.93. The average molecular weight is 364 g/mol. The molecular weight excluding hydrogens is 350 g/mol. The van der Waals surface area contributed by atoms with Gasteiger partial charge in [0.05, 0.1) is 8.49 Å². The lowest BCUT2D eigenvalue weighted by Gasteiger charge is -2.14.